The van der Waals surface area contributed by atoms with E-state index in [-0.39, 0.29) is 23.8 Å². The van der Waals surface area contributed by atoms with Gasteiger partial charge in [0.1, 0.15) is 5.41 Å². The van der Waals surface area contributed by atoms with E-state index in [2.05, 4.69) is 5.32 Å². The van der Waals surface area contributed by atoms with Crippen LogP contribution in [-0.4, -0.2) is 46.9 Å². The van der Waals surface area contributed by atoms with Gasteiger partial charge < -0.3 is 15.3 Å². The van der Waals surface area contributed by atoms with Crippen LogP contribution in [0.1, 0.15) is 25.7 Å². The molecule has 1 saturated carbocycles. The highest BCUT2D eigenvalue weighted by Gasteiger charge is 2.60. The molecule has 2 saturated heterocycles. The molecule has 0 bridgehead atoms. The number of likely N-dealkylation sites (tertiary alicyclic amines) is 1. The molecule has 18 heavy (non-hydrogen) atoms. The normalized spacial score (nSPS) is 32.7. The van der Waals surface area contributed by atoms with Crippen LogP contribution in [0.2, 0.25) is 0 Å². The fourth-order valence-corrected chi connectivity index (χ4v) is 3.12. The van der Waals surface area contributed by atoms with Gasteiger partial charge in [-0.25, -0.2) is 0 Å². The van der Waals surface area contributed by atoms with Crippen molar-refractivity contribution in [2.75, 3.05) is 13.1 Å². The topological polar surface area (TPSA) is 86.7 Å². The molecule has 1 aliphatic carbocycles. The molecule has 2 atom stereocenters. The number of nitrogens with one attached hydrogen (secondary N) is 1. The van der Waals surface area contributed by atoms with E-state index < -0.39 is 11.4 Å². The summed E-state index contributed by atoms with van der Waals surface area (Å²) in [5, 5.41) is 11.9. The van der Waals surface area contributed by atoms with Crippen LogP contribution < -0.4 is 5.32 Å². The number of hydrogen-bond donors (Lipinski definition) is 2. The van der Waals surface area contributed by atoms with Gasteiger partial charge in [-0.05, 0) is 25.7 Å². The number of carboxylic acid groups (broad SMARTS) is 1. The second-order valence-corrected chi connectivity index (χ2v) is 5.45. The molecule has 2 amide bonds. The van der Waals surface area contributed by atoms with Gasteiger partial charge in [-0.15, -0.1) is 0 Å². The van der Waals surface area contributed by atoms with E-state index in [0.717, 1.165) is 12.8 Å². The van der Waals surface area contributed by atoms with Gasteiger partial charge >= 0.3 is 5.97 Å². The molecule has 98 valence electrons. The molecule has 2 aliphatic heterocycles. The summed E-state index contributed by atoms with van der Waals surface area (Å²) in [6, 6.07) is -0.143. The average Bonchev–Trinajstić information content (AvgIpc) is 3.09. The lowest BCUT2D eigenvalue weighted by atomic mass is 9.90. The van der Waals surface area contributed by atoms with Crippen molar-refractivity contribution in [1.82, 2.24) is 10.2 Å². The van der Waals surface area contributed by atoms with Crippen LogP contribution in [0.15, 0.2) is 0 Å². The maximum atomic E-state index is 12.4. The van der Waals surface area contributed by atoms with Crippen LogP contribution in [0.25, 0.3) is 0 Å². The molecule has 2 N–H and O–H groups in total. The van der Waals surface area contributed by atoms with Crippen molar-refractivity contribution < 1.29 is 19.5 Å². The predicted octanol–water partition coefficient (Wildman–Crippen LogP) is -0.412. The van der Waals surface area contributed by atoms with Gasteiger partial charge in [0.2, 0.25) is 11.8 Å². The summed E-state index contributed by atoms with van der Waals surface area (Å²) in [4.78, 5) is 36.8. The van der Waals surface area contributed by atoms with Crippen molar-refractivity contribution in [3.8, 4) is 0 Å². The Hall–Kier alpha value is -1.59. The second kappa shape index (κ2) is 3.70. The van der Waals surface area contributed by atoms with Gasteiger partial charge in [-0.1, -0.05) is 0 Å². The molecule has 6 nitrogen and oxygen atoms in total. The molecule has 3 aliphatic rings. The van der Waals surface area contributed by atoms with Gasteiger partial charge in [0.15, 0.2) is 0 Å². The highest BCUT2D eigenvalue weighted by Crippen LogP contribution is 2.48. The van der Waals surface area contributed by atoms with Crippen molar-refractivity contribution in [2.24, 2.45) is 11.3 Å². The number of carbonyl (C=O) groups excluding carboxylic acids is 2. The van der Waals surface area contributed by atoms with E-state index in [1.807, 2.05) is 0 Å². The van der Waals surface area contributed by atoms with Crippen molar-refractivity contribution in [3.05, 3.63) is 0 Å². The smallest absolute Gasteiger partial charge is 0.319 e. The molecule has 3 rings (SSSR count). The molecule has 2 unspecified atom stereocenters. The van der Waals surface area contributed by atoms with Crippen LogP contribution in [0.4, 0.5) is 0 Å². The van der Waals surface area contributed by atoms with E-state index in [1.54, 1.807) is 4.90 Å². The Morgan fingerprint density at radius 2 is 2.11 bits per heavy atom. The zero-order chi connectivity index (χ0) is 12.9. The largest absolute Gasteiger partial charge is 0.480 e. The fourth-order valence-electron chi connectivity index (χ4n) is 3.12. The summed E-state index contributed by atoms with van der Waals surface area (Å²) in [5.41, 5.74) is -1.19. The van der Waals surface area contributed by atoms with E-state index >= 15 is 0 Å². The Morgan fingerprint density at radius 1 is 1.39 bits per heavy atom. The number of hydrogen-bond acceptors (Lipinski definition) is 3. The van der Waals surface area contributed by atoms with E-state index in [1.165, 1.54) is 0 Å². The van der Waals surface area contributed by atoms with Crippen LogP contribution in [0.3, 0.4) is 0 Å². The van der Waals surface area contributed by atoms with Crippen molar-refractivity contribution >= 4 is 17.8 Å². The summed E-state index contributed by atoms with van der Waals surface area (Å²) in [7, 11) is 0. The molecule has 0 aromatic rings. The molecule has 3 fully saturated rings. The minimum Gasteiger partial charge on any atom is -0.480 e. The van der Waals surface area contributed by atoms with Crippen molar-refractivity contribution in [1.29, 1.82) is 0 Å². The first kappa shape index (κ1) is 11.5. The van der Waals surface area contributed by atoms with Crippen molar-refractivity contribution in [3.63, 3.8) is 0 Å². The second-order valence-electron chi connectivity index (χ2n) is 5.45. The highest BCUT2D eigenvalue weighted by molar-refractivity contribution is 6.05. The average molecular weight is 252 g/mol. The SMILES string of the molecule is O=C1NCC2C1CCCN2C(=O)C1(C(=O)O)CC1. The lowest BCUT2D eigenvalue weighted by Crippen LogP contribution is -2.52. The van der Waals surface area contributed by atoms with Gasteiger partial charge in [0.05, 0.1) is 12.0 Å². The van der Waals surface area contributed by atoms with Crippen LogP contribution >= 0.6 is 0 Å². The van der Waals surface area contributed by atoms with Gasteiger partial charge in [0, 0.05) is 13.1 Å². The number of carbonyl (C=O) groups is 3. The number of nitrogens with zero attached hydrogens (tertiary/aromatic N) is 1. The number of piperidine rings is 1. The molecular weight excluding hydrogens is 236 g/mol. The molecule has 0 spiro atoms. The van der Waals surface area contributed by atoms with E-state index in [4.69, 9.17) is 5.11 Å². The minimum absolute atomic E-state index is 0.00216. The fraction of sp³-hybridized carbons (Fsp3) is 0.750. The Labute approximate surface area is 104 Å². The Bertz CT molecular complexity index is 430. The first-order valence-electron chi connectivity index (χ1n) is 6.38. The standard InChI is InChI=1S/C12H16N2O4/c15-9-7-2-1-5-14(8(7)6-13-9)10(16)12(3-4-12)11(17)18/h7-8H,1-6H2,(H,13,15)(H,17,18). The van der Waals surface area contributed by atoms with E-state index in [9.17, 15) is 14.4 Å². The third kappa shape index (κ3) is 1.44. The molecule has 0 aromatic heterocycles. The summed E-state index contributed by atoms with van der Waals surface area (Å²) in [5.74, 6) is -1.46. The number of rotatable bonds is 2. The van der Waals surface area contributed by atoms with Crippen LogP contribution in [0.5, 0.6) is 0 Å². The van der Waals surface area contributed by atoms with E-state index in [0.29, 0.717) is 25.9 Å². The van der Waals surface area contributed by atoms with Crippen molar-refractivity contribution in [2.45, 2.75) is 31.7 Å². The Kier molecular flexibility index (Phi) is 2.36. The summed E-state index contributed by atoms with van der Waals surface area (Å²) in [6.07, 6.45) is 2.42. The summed E-state index contributed by atoms with van der Waals surface area (Å²) < 4.78 is 0. The first-order chi connectivity index (χ1) is 8.56. The Balaban J connectivity index is 1.82. The zero-order valence-electron chi connectivity index (χ0n) is 10.0. The highest BCUT2D eigenvalue weighted by atomic mass is 16.4. The number of carboxylic acids is 1. The quantitative estimate of drug-likeness (QED) is 0.654. The lowest BCUT2D eigenvalue weighted by molar-refractivity contribution is -0.155. The molecule has 0 radical (unpaired) electrons. The molecular formula is C12H16N2O4. The summed E-state index contributed by atoms with van der Waals surface area (Å²) in [6.45, 7) is 1.04. The number of fused-ring (bicyclic) bond motifs is 1. The maximum Gasteiger partial charge on any atom is 0.319 e. The van der Waals surface area contributed by atoms with Gasteiger partial charge in [-0.3, -0.25) is 14.4 Å². The molecule has 2 heterocycles. The maximum absolute atomic E-state index is 12.4. The predicted molar refractivity (Wildman–Crippen MR) is 60.5 cm³/mol. The third-order valence-electron chi connectivity index (χ3n) is 4.43. The molecule has 6 heteroatoms. The number of amides is 2. The van der Waals surface area contributed by atoms with Crippen LogP contribution in [0, 0.1) is 11.3 Å². The van der Waals surface area contributed by atoms with Gasteiger partial charge in [-0.2, -0.15) is 0 Å². The number of aliphatic carboxylic acids is 1. The monoisotopic (exact) mass is 252 g/mol. The molecule has 0 aromatic carbocycles. The first-order valence-corrected chi connectivity index (χ1v) is 6.38. The van der Waals surface area contributed by atoms with Gasteiger partial charge in [0.25, 0.3) is 0 Å². The Morgan fingerprint density at radius 3 is 2.72 bits per heavy atom. The minimum atomic E-state index is -1.19. The lowest BCUT2D eigenvalue weighted by Gasteiger charge is -2.37. The zero-order valence-corrected chi connectivity index (χ0v) is 10.0. The van der Waals surface area contributed by atoms with Crippen LogP contribution in [-0.2, 0) is 14.4 Å². The summed E-state index contributed by atoms with van der Waals surface area (Å²) >= 11 is 0. The third-order valence-corrected chi connectivity index (χ3v) is 4.43.